The average Bonchev–Trinajstić information content (AvgIpc) is 3.23. The average molecular weight is 616 g/mol. The molecule has 45 heavy (non-hydrogen) atoms. The lowest BCUT2D eigenvalue weighted by Gasteiger charge is -2.74. The second-order valence-corrected chi connectivity index (χ2v) is 17.3. The van der Waals surface area contributed by atoms with E-state index < -0.39 is 59.3 Å². The Bertz CT molecular complexity index is 1280. The molecule has 0 bridgehead atoms. The van der Waals surface area contributed by atoms with Gasteiger partial charge in [-0.2, -0.15) is 0 Å². The highest BCUT2D eigenvalue weighted by Crippen LogP contribution is 2.75. The number of nitrogens with one attached hydrogen (secondary N) is 1. The summed E-state index contributed by atoms with van der Waals surface area (Å²) in [5, 5.41) is 19.3. The summed E-state index contributed by atoms with van der Waals surface area (Å²) >= 11 is 0. The molecule has 1 amide bonds. The Morgan fingerprint density at radius 3 is 2.09 bits per heavy atom. The summed E-state index contributed by atoms with van der Waals surface area (Å²) in [5.74, 6) is -1.16. The smallest absolute Gasteiger partial charge is 0.254 e. The van der Waals surface area contributed by atoms with E-state index in [4.69, 9.17) is 70.6 Å². The van der Waals surface area contributed by atoms with Crippen molar-refractivity contribution in [1.82, 2.24) is 5.32 Å². The molecule has 0 aromatic heterocycles. The van der Waals surface area contributed by atoms with Gasteiger partial charge in [0.2, 0.25) is 5.91 Å². The highest BCUT2D eigenvalue weighted by molar-refractivity contribution is 7.90. The van der Waals surface area contributed by atoms with E-state index >= 15 is 0 Å². The van der Waals surface area contributed by atoms with E-state index in [-0.39, 0.29) is 53.8 Å². The maximum Gasteiger partial charge on any atom is 0.254 e. The molecule has 0 heterocycles. The van der Waals surface area contributed by atoms with Crippen LogP contribution >= 0.6 is 0 Å². The number of amides is 1. The van der Waals surface area contributed by atoms with Crippen molar-refractivity contribution in [2.75, 3.05) is 0 Å². The number of hydrogen-bond acceptors (Lipinski definition) is 5. The molecule has 5 unspecified atom stereocenters. The van der Waals surface area contributed by atoms with Crippen LogP contribution in [0.25, 0.3) is 0 Å². The van der Waals surface area contributed by atoms with Crippen LogP contribution < -0.4 is 5.32 Å². The van der Waals surface area contributed by atoms with Crippen molar-refractivity contribution < 1.29 is 28.0 Å². The van der Waals surface area contributed by atoms with E-state index in [2.05, 4.69) is 26.1 Å². The topological polar surface area (TPSA) is 124 Å². The maximum absolute atomic E-state index is 12.8. The van der Waals surface area contributed by atoms with Gasteiger partial charge in [0.25, 0.3) is 10.1 Å². The normalized spacial score (nSPS) is 43.3. The van der Waals surface area contributed by atoms with Gasteiger partial charge < -0.3 is 15.5 Å². The second kappa shape index (κ2) is 11.5. The Labute approximate surface area is 282 Å². The van der Waals surface area contributed by atoms with Crippen molar-refractivity contribution in [2.24, 2.45) is 52.3 Å². The minimum Gasteiger partial charge on any atom is -0.402 e. The van der Waals surface area contributed by atoms with Crippen LogP contribution in [0.3, 0.4) is 0 Å². The van der Waals surface area contributed by atoms with Crippen molar-refractivity contribution in [2.45, 2.75) is 111 Å². The highest BCUT2D eigenvalue weighted by atomic mass is 32.2. The van der Waals surface area contributed by atoms with E-state index in [9.17, 15) is 28.0 Å². The Morgan fingerprint density at radius 2 is 1.56 bits per heavy atom. The molecule has 4 rings (SSSR count). The molecule has 4 aliphatic carbocycles. The fourth-order valence-corrected chi connectivity index (χ4v) is 11.3. The van der Waals surface area contributed by atoms with Gasteiger partial charge in [-0.05, 0) is 89.7 Å². The number of carbonyl (C=O) groups is 1. The maximum atomic E-state index is 12.8. The van der Waals surface area contributed by atoms with Gasteiger partial charge in [-0.3, -0.25) is 9.35 Å². The summed E-state index contributed by atoms with van der Waals surface area (Å²) in [5.41, 5.74) is -3.00. The zero-order valence-corrected chi connectivity index (χ0v) is 27.8. The summed E-state index contributed by atoms with van der Waals surface area (Å²) in [6, 6.07) is 0. The second-order valence-electron chi connectivity index (χ2n) is 15.7. The van der Waals surface area contributed by atoms with Crippen molar-refractivity contribution >= 4 is 86.6 Å². The lowest BCUT2D eigenvalue weighted by atomic mass is 9.17. The Morgan fingerprint density at radius 1 is 1.00 bits per heavy atom. The third-order valence-electron chi connectivity index (χ3n) is 13.2. The number of rotatable bonds is 8. The zero-order chi connectivity index (χ0) is 34.6. The van der Waals surface area contributed by atoms with Gasteiger partial charge in [0, 0.05) is 16.5 Å². The molecule has 0 aliphatic heterocycles. The first-order valence-corrected chi connectivity index (χ1v) is 17.4. The van der Waals surface area contributed by atoms with Gasteiger partial charge in [0.1, 0.15) is 7.85 Å². The number of carbonyl (C=O) groups excluding carboxylic acids is 1. The van der Waals surface area contributed by atoms with Crippen LogP contribution in [0.1, 0.15) is 79.1 Å². The molecule has 0 saturated heterocycles. The van der Waals surface area contributed by atoms with E-state index in [1.165, 1.54) is 0 Å². The van der Waals surface area contributed by atoms with E-state index in [0.29, 0.717) is 12.8 Å². The van der Waals surface area contributed by atoms with Gasteiger partial charge in [0.05, 0.1) is 68.9 Å². The minimum atomic E-state index is -5.10. The van der Waals surface area contributed by atoms with Crippen LogP contribution in [0.5, 0.6) is 0 Å². The van der Waals surface area contributed by atoms with Gasteiger partial charge in [-0.15, -0.1) is 0 Å². The number of aliphatic hydroxyl groups excluding tert-OH is 1. The predicted octanol–water partition coefficient (Wildman–Crippen LogP) is -0.363. The van der Waals surface area contributed by atoms with Gasteiger partial charge >= 0.3 is 0 Å². The summed E-state index contributed by atoms with van der Waals surface area (Å²) in [6.07, 6.45) is 3.85. The molecule has 7 nitrogen and oxygen atoms in total. The molecular formula is C28H40B9NO6S. The molecule has 4 saturated carbocycles. The SMILES string of the molecule is [B]C1([B])C[C@]2(C)C3CC[C@@]4(C)C(CCC4[C@H](C)CCC(=O)NC([B])([B])C([B])([B])S(=O)(=O)O)C3[C@H](O)[C@H](CC)[C@@H]2C([B])([B])C1([B])O. The fourth-order valence-electron chi connectivity index (χ4n) is 10.8. The largest absolute Gasteiger partial charge is 0.402 e. The lowest BCUT2D eigenvalue weighted by molar-refractivity contribution is -0.214. The first-order chi connectivity index (χ1) is 20.2. The van der Waals surface area contributed by atoms with Crippen LogP contribution in [0.2, 0.25) is 10.4 Å². The highest BCUT2D eigenvalue weighted by Gasteiger charge is 2.71. The van der Waals surface area contributed by atoms with Crippen molar-refractivity contribution in [3.63, 3.8) is 0 Å². The van der Waals surface area contributed by atoms with Gasteiger partial charge in [0.15, 0.2) is 0 Å². The molecular weight excluding hydrogens is 576 g/mol. The summed E-state index contributed by atoms with van der Waals surface area (Å²) in [4.78, 5) is 12.8. The standard InChI is InChI=1S/C28H40B9NO6S/c1-5-14-20(40)19-16-8-7-15(13(2)6-9-18(39)38-27(34,35)28(36,37)45(42,43)44)22(16,3)11-10-17(19)23(4)12-24(29,30)26(33,41)25(31,32)21(14)23/h13-17,19-21,40-41H,5-12H2,1-4H3,(H,38,39)(H,42,43,44)/t13-,14+,15?,16?,17?,19?,20-,21+,22-,23-,26?/m1/s1. The van der Waals surface area contributed by atoms with Crippen LogP contribution in [-0.4, -0.2) is 121 Å². The van der Waals surface area contributed by atoms with Gasteiger partial charge in [-0.25, -0.2) is 8.42 Å². The third-order valence-corrected chi connectivity index (χ3v) is 14.4. The quantitative estimate of drug-likeness (QED) is 0.219. The number of fused-ring (bicyclic) bond motifs is 5. The molecule has 0 aromatic rings. The molecule has 0 aromatic carbocycles. The van der Waals surface area contributed by atoms with Crippen molar-refractivity contribution in [1.29, 1.82) is 0 Å². The fraction of sp³-hybridized carbons (Fsp3) is 0.964. The predicted molar refractivity (Wildman–Crippen MR) is 182 cm³/mol. The minimum absolute atomic E-state index is 0.00918. The molecule has 226 valence electrons. The summed E-state index contributed by atoms with van der Waals surface area (Å²) in [7, 11) is 49.8. The Hall–Kier alpha value is -0.116. The molecule has 4 N–H and O–H groups in total. The van der Waals surface area contributed by atoms with E-state index in [1.807, 2.05) is 6.92 Å². The monoisotopic (exact) mass is 617 g/mol. The summed E-state index contributed by atoms with van der Waals surface area (Å²) < 4.78 is 29.5. The first-order valence-electron chi connectivity index (χ1n) is 15.9. The molecule has 17 heteroatoms. The van der Waals surface area contributed by atoms with Gasteiger partial charge in [-0.1, -0.05) is 51.0 Å². The molecule has 4 aliphatic rings. The van der Waals surface area contributed by atoms with Crippen LogP contribution in [0, 0.1) is 52.3 Å². The molecule has 18 radical (unpaired) electrons. The third kappa shape index (κ3) is 5.45. The Kier molecular flexibility index (Phi) is 9.61. The van der Waals surface area contributed by atoms with E-state index in [0.717, 1.165) is 25.7 Å². The molecule has 11 atom stereocenters. The molecule has 0 spiro atoms. The summed E-state index contributed by atoms with van der Waals surface area (Å²) in [6.45, 7) is 8.41. The van der Waals surface area contributed by atoms with Crippen LogP contribution in [0.15, 0.2) is 0 Å². The van der Waals surface area contributed by atoms with Crippen molar-refractivity contribution in [3.8, 4) is 0 Å². The molecule has 4 fully saturated rings. The zero-order valence-electron chi connectivity index (χ0n) is 26.9. The van der Waals surface area contributed by atoms with E-state index in [1.54, 1.807) is 0 Å². The van der Waals surface area contributed by atoms with Crippen LogP contribution in [0.4, 0.5) is 0 Å². The van der Waals surface area contributed by atoms with Crippen LogP contribution in [-0.2, 0) is 14.9 Å². The van der Waals surface area contributed by atoms with Crippen molar-refractivity contribution in [3.05, 3.63) is 0 Å². The first kappa shape index (κ1) is 37.7. The lowest BCUT2D eigenvalue weighted by Crippen LogP contribution is -2.72. The number of hydrogen-bond donors (Lipinski definition) is 4. The number of aliphatic hydroxyl groups is 2. The Balaban J connectivity index is 1.55.